The molecule has 1 aromatic heterocycles. The van der Waals surface area contributed by atoms with Crippen molar-refractivity contribution in [3.63, 3.8) is 0 Å². The second-order valence-corrected chi connectivity index (χ2v) is 9.78. The van der Waals surface area contributed by atoms with Crippen molar-refractivity contribution >= 4 is 34.8 Å². The molecule has 2 unspecified atom stereocenters. The Balaban J connectivity index is 1.54. The van der Waals surface area contributed by atoms with Gasteiger partial charge in [0.15, 0.2) is 5.01 Å². The minimum atomic E-state index is -0.808. The lowest BCUT2D eigenvalue weighted by atomic mass is 10.0. The van der Waals surface area contributed by atoms with E-state index in [-0.39, 0.29) is 47.3 Å². The van der Waals surface area contributed by atoms with Gasteiger partial charge in [-0.15, -0.1) is 11.3 Å². The van der Waals surface area contributed by atoms with Gasteiger partial charge in [0.1, 0.15) is 12.0 Å². The van der Waals surface area contributed by atoms with Crippen molar-refractivity contribution < 1.29 is 14.0 Å². The summed E-state index contributed by atoms with van der Waals surface area (Å²) in [6.07, 6.45) is 3.40. The van der Waals surface area contributed by atoms with Gasteiger partial charge in [0.05, 0.1) is 11.1 Å². The van der Waals surface area contributed by atoms with Gasteiger partial charge in [-0.1, -0.05) is 37.4 Å². The molecule has 32 heavy (non-hydrogen) atoms. The predicted molar refractivity (Wildman–Crippen MR) is 121 cm³/mol. The van der Waals surface area contributed by atoms with Gasteiger partial charge in [-0.05, 0) is 30.4 Å². The number of hydrogen-bond acceptors (Lipinski definition) is 5. The van der Waals surface area contributed by atoms with Crippen LogP contribution in [0.25, 0.3) is 0 Å². The van der Waals surface area contributed by atoms with Gasteiger partial charge < -0.3 is 10.6 Å². The summed E-state index contributed by atoms with van der Waals surface area (Å²) in [7, 11) is 0. The van der Waals surface area contributed by atoms with Gasteiger partial charge >= 0.3 is 0 Å². The highest BCUT2D eigenvalue weighted by atomic mass is 35.5. The number of thiazole rings is 1. The number of aromatic nitrogens is 1. The van der Waals surface area contributed by atoms with E-state index >= 15 is 0 Å². The lowest BCUT2D eigenvalue weighted by molar-refractivity contribution is -0.125. The van der Waals surface area contributed by atoms with E-state index in [1.165, 1.54) is 23.5 Å². The van der Waals surface area contributed by atoms with Gasteiger partial charge in [0.2, 0.25) is 11.8 Å². The normalized spacial score (nSPS) is 20.5. The van der Waals surface area contributed by atoms with Crippen LogP contribution in [0.3, 0.4) is 0 Å². The number of rotatable bonds is 5. The number of halogens is 2. The van der Waals surface area contributed by atoms with Crippen molar-refractivity contribution in [1.29, 1.82) is 0 Å². The summed E-state index contributed by atoms with van der Waals surface area (Å²) in [5, 5.41) is 9.72. The molecule has 6 nitrogen and oxygen atoms in total. The number of nitrogens with zero attached hydrogens (tertiary/aromatic N) is 1. The zero-order valence-electron chi connectivity index (χ0n) is 17.8. The third-order valence-corrected chi connectivity index (χ3v) is 6.84. The molecule has 2 atom stereocenters. The number of hydrogen-bond donors (Lipinski definition) is 3. The van der Waals surface area contributed by atoms with Crippen LogP contribution in [0.4, 0.5) is 4.39 Å². The molecule has 2 heterocycles. The summed E-state index contributed by atoms with van der Waals surface area (Å²) in [5.74, 6) is 5.70. The Labute approximate surface area is 195 Å². The fraction of sp³-hybridized carbons (Fsp3) is 0.435. The third-order valence-electron chi connectivity index (χ3n) is 5.36. The standard InChI is InChI=1S/C23H24ClFN4O2S/c1-12(2)23(31)27-10-14-6-7-15(25)20(21(14)24)22-28-16(9-18(30)29-22)17-11-26-19(32-17)8-5-13-3-4-13/h6-7,11-13,16,22,28H,3-4,9-10H2,1-2H3,(H,27,31)(H,29,30). The van der Waals surface area contributed by atoms with Crippen molar-refractivity contribution in [1.82, 2.24) is 20.9 Å². The average Bonchev–Trinajstić information content (AvgIpc) is 3.46. The molecule has 0 bridgehead atoms. The maximum absolute atomic E-state index is 14.8. The Bertz CT molecular complexity index is 1100. The molecule has 9 heteroatoms. The molecule has 0 radical (unpaired) electrons. The zero-order chi connectivity index (χ0) is 22.8. The molecule has 1 aromatic carbocycles. The number of nitrogens with one attached hydrogen (secondary N) is 3. The average molecular weight is 475 g/mol. The van der Waals surface area contributed by atoms with Crippen LogP contribution in [-0.4, -0.2) is 16.8 Å². The van der Waals surface area contributed by atoms with Gasteiger partial charge in [-0.3, -0.25) is 14.9 Å². The fourth-order valence-corrected chi connectivity index (χ4v) is 4.51. The molecule has 0 spiro atoms. The fourth-order valence-electron chi connectivity index (χ4n) is 3.34. The quantitative estimate of drug-likeness (QED) is 0.575. The first kappa shape index (κ1) is 22.7. The van der Waals surface area contributed by atoms with E-state index in [4.69, 9.17) is 11.6 Å². The van der Waals surface area contributed by atoms with Crippen LogP contribution in [0.5, 0.6) is 0 Å². The van der Waals surface area contributed by atoms with Crippen LogP contribution in [0.2, 0.25) is 5.02 Å². The van der Waals surface area contributed by atoms with Crippen molar-refractivity contribution in [2.75, 3.05) is 0 Å². The Morgan fingerprint density at radius 1 is 1.41 bits per heavy atom. The summed E-state index contributed by atoms with van der Waals surface area (Å²) in [6, 6.07) is 2.51. The van der Waals surface area contributed by atoms with E-state index in [0.29, 0.717) is 16.5 Å². The smallest absolute Gasteiger partial charge is 0.223 e. The zero-order valence-corrected chi connectivity index (χ0v) is 19.4. The van der Waals surface area contributed by atoms with Crippen LogP contribution in [-0.2, 0) is 16.1 Å². The van der Waals surface area contributed by atoms with E-state index in [9.17, 15) is 14.0 Å². The molecule has 2 aliphatic rings. The molecule has 4 rings (SSSR count). The SMILES string of the molecule is CC(C)C(=O)NCc1ccc(F)c(C2NC(=O)CC(c3cnc(C#CC4CC4)s3)N2)c1Cl. The lowest BCUT2D eigenvalue weighted by Gasteiger charge is -2.32. The molecule has 1 aliphatic carbocycles. The highest BCUT2D eigenvalue weighted by molar-refractivity contribution is 7.12. The number of carbonyl (C=O) groups excluding carboxylic acids is 2. The monoisotopic (exact) mass is 474 g/mol. The largest absolute Gasteiger partial charge is 0.352 e. The van der Waals surface area contributed by atoms with E-state index in [1.807, 2.05) is 0 Å². The van der Waals surface area contributed by atoms with E-state index in [1.54, 1.807) is 20.0 Å². The molecule has 3 N–H and O–H groups in total. The molecule has 2 aromatic rings. The summed E-state index contributed by atoms with van der Waals surface area (Å²) >= 11 is 7.95. The number of amides is 2. The van der Waals surface area contributed by atoms with Gasteiger partial charge in [0.25, 0.3) is 0 Å². The van der Waals surface area contributed by atoms with Crippen molar-refractivity contribution in [3.05, 3.63) is 50.2 Å². The second-order valence-electron chi connectivity index (χ2n) is 8.34. The molecule has 1 saturated heterocycles. The third kappa shape index (κ3) is 5.29. The van der Waals surface area contributed by atoms with Crippen LogP contribution < -0.4 is 16.0 Å². The summed E-state index contributed by atoms with van der Waals surface area (Å²) in [4.78, 5) is 29.6. The maximum Gasteiger partial charge on any atom is 0.223 e. The highest BCUT2D eigenvalue weighted by Crippen LogP contribution is 2.34. The number of benzene rings is 1. The van der Waals surface area contributed by atoms with Gasteiger partial charge in [0, 0.05) is 41.4 Å². The predicted octanol–water partition coefficient (Wildman–Crippen LogP) is 3.82. The van der Waals surface area contributed by atoms with Gasteiger partial charge in [-0.25, -0.2) is 9.37 Å². The minimum Gasteiger partial charge on any atom is -0.352 e. The first-order valence-corrected chi connectivity index (χ1v) is 11.8. The summed E-state index contributed by atoms with van der Waals surface area (Å²) < 4.78 is 14.8. The molecule has 2 fully saturated rings. The molecule has 2 amide bonds. The Kier molecular flexibility index (Phi) is 6.79. The van der Waals surface area contributed by atoms with E-state index in [2.05, 4.69) is 32.8 Å². The first-order chi connectivity index (χ1) is 15.3. The van der Waals surface area contributed by atoms with Crippen molar-refractivity contribution in [3.8, 4) is 11.8 Å². The van der Waals surface area contributed by atoms with Crippen LogP contribution in [0.1, 0.15) is 66.3 Å². The number of carbonyl (C=O) groups is 2. The van der Waals surface area contributed by atoms with E-state index < -0.39 is 12.0 Å². The molecule has 1 aliphatic heterocycles. The molecular weight excluding hydrogens is 451 g/mol. The maximum atomic E-state index is 14.8. The van der Waals surface area contributed by atoms with Crippen molar-refractivity contribution in [2.45, 2.75) is 51.9 Å². The van der Waals surface area contributed by atoms with Crippen LogP contribution in [0, 0.1) is 29.5 Å². The van der Waals surface area contributed by atoms with E-state index in [0.717, 1.165) is 17.7 Å². The minimum absolute atomic E-state index is 0.123. The highest BCUT2D eigenvalue weighted by Gasteiger charge is 2.32. The topological polar surface area (TPSA) is 83.1 Å². The summed E-state index contributed by atoms with van der Waals surface area (Å²) in [6.45, 7) is 3.75. The van der Waals surface area contributed by atoms with Crippen molar-refractivity contribution in [2.24, 2.45) is 11.8 Å². The Hall–Kier alpha value is -2.47. The molecule has 168 valence electrons. The Morgan fingerprint density at radius 2 is 2.19 bits per heavy atom. The second kappa shape index (κ2) is 9.57. The Morgan fingerprint density at radius 3 is 2.91 bits per heavy atom. The molecular formula is C23H24ClFN4O2S. The first-order valence-electron chi connectivity index (χ1n) is 10.6. The van der Waals surface area contributed by atoms with Gasteiger partial charge in [-0.2, -0.15) is 0 Å². The van der Waals surface area contributed by atoms with Crippen LogP contribution in [0.15, 0.2) is 18.3 Å². The lowest BCUT2D eigenvalue weighted by Crippen LogP contribution is -2.47. The van der Waals surface area contributed by atoms with Crippen LogP contribution >= 0.6 is 22.9 Å². The molecule has 1 saturated carbocycles. The summed E-state index contributed by atoms with van der Waals surface area (Å²) in [5.41, 5.74) is 0.727.